The van der Waals surface area contributed by atoms with Crippen LogP contribution in [0.25, 0.3) is 0 Å². The number of carbonyl (C=O) groups is 2. The molecule has 2 aromatic carbocycles. The molecule has 0 saturated carbocycles. The Morgan fingerprint density at radius 1 is 1.04 bits per heavy atom. The van der Waals surface area contributed by atoms with Crippen molar-refractivity contribution in [2.24, 2.45) is 0 Å². The van der Waals surface area contributed by atoms with Gasteiger partial charge in [0.2, 0.25) is 5.91 Å². The summed E-state index contributed by atoms with van der Waals surface area (Å²) in [5.41, 5.74) is 1.65. The van der Waals surface area contributed by atoms with Crippen LogP contribution in [0.2, 0.25) is 0 Å². The molecule has 0 radical (unpaired) electrons. The van der Waals surface area contributed by atoms with Crippen LogP contribution in [-0.4, -0.2) is 48.2 Å². The largest absolute Gasteiger partial charge is 0.491 e. The second kappa shape index (κ2) is 8.49. The number of carbonyl (C=O) groups excluding carboxylic acids is 1. The molecule has 26 heavy (non-hydrogen) atoms. The Kier molecular flexibility index (Phi) is 5.86. The highest BCUT2D eigenvalue weighted by molar-refractivity contribution is 5.86. The van der Waals surface area contributed by atoms with Crippen molar-refractivity contribution < 1.29 is 24.2 Å². The topological polar surface area (TPSA) is 76.1 Å². The number of nitrogens with zero attached hydrogens (tertiary/aromatic N) is 1. The lowest BCUT2D eigenvalue weighted by atomic mass is 9.92. The summed E-state index contributed by atoms with van der Waals surface area (Å²) in [6.45, 7) is 0.784. The van der Waals surface area contributed by atoms with Gasteiger partial charge in [0.1, 0.15) is 19.0 Å². The lowest BCUT2D eigenvalue weighted by molar-refractivity contribution is -0.153. The second-order valence-corrected chi connectivity index (χ2v) is 5.99. The van der Waals surface area contributed by atoms with Gasteiger partial charge in [-0.2, -0.15) is 0 Å². The van der Waals surface area contributed by atoms with E-state index in [1.807, 2.05) is 42.5 Å². The minimum atomic E-state index is -1.03. The van der Waals surface area contributed by atoms with E-state index in [9.17, 15) is 14.7 Å². The molecule has 1 heterocycles. The number of para-hydroxylation sites is 1. The van der Waals surface area contributed by atoms with Crippen LogP contribution in [0.3, 0.4) is 0 Å². The second-order valence-electron chi connectivity index (χ2n) is 5.99. The SMILES string of the molecule is O=C(O)C1c2ccccc2CCN1C(=O)COCCOc1ccccc1. The Labute approximate surface area is 152 Å². The molecule has 0 saturated heterocycles. The van der Waals surface area contributed by atoms with Crippen molar-refractivity contribution in [2.45, 2.75) is 12.5 Å². The van der Waals surface area contributed by atoms with Crippen molar-refractivity contribution in [3.05, 3.63) is 65.7 Å². The normalized spacial score (nSPS) is 16.0. The number of hydrogen-bond donors (Lipinski definition) is 1. The van der Waals surface area contributed by atoms with Gasteiger partial charge in [0, 0.05) is 6.54 Å². The van der Waals surface area contributed by atoms with E-state index in [1.54, 1.807) is 12.1 Å². The summed E-state index contributed by atoms with van der Waals surface area (Å²) in [6.07, 6.45) is 0.642. The third kappa shape index (κ3) is 4.21. The standard InChI is InChI=1S/C20H21NO5/c22-18(14-25-12-13-26-16-7-2-1-3-8-16)21-11-10-15-6-4-5-9-17(15)19(21)20(23)24/h1-9,19H,10-14H2,(H,23,24). The molecular weight excluding hydrogens is 334 g/mol. The number of carboxylic acids is 1. The first-order valence-electron chi connectivity index (χ1n) is 8.52. The first kappa shape index (κ1) is 17.9. The summed E-state index contributed by atoms with van der Waals surface area (Å²) in [7, 11) is 0. The van der Waals surface area contributed by atoms with Crippen molar-refractivity contribution in [3.63, 3.8) is 0 Å². The summed E-state index contributed by atoms with van der Waals surface area (Å²) in [5, 5.41) is 9.59. The molecule has 0 bridgehead atoms. The van der Waals surface area contributed by atoms with Crippen molar-refractivity contribution in [2.75, 3.05) is 26.4 Å². The number of fused-ring (bicyclic) bond motifs is 1. The van der Waals surface area contributed by atoms with Gasteiger partial charge in [-0.3, -0.25) is 4.79 Å². The zero-order valence-corrected chi connectivity index (χ0v) is 14.3. The smallest absolute Gasteiger partial charge is 0.331 e. The molecule has 136 valence electrons. The number of carboxylic acid groups (broad SMARTS) is 1. The van der Waals surface area contributed by atoms with E-state index in [2.05, 4.69) is 0 Å². The highest BCUT2D eigenvalue weighted by Gasteiger charge is 2.35. The third-order valence-electron chi connectivity index (χ3n) is 4.30. The third-order valence-corrected chi connectivity index (χ3v) is 4.30. The number of hydrogen-bond acceptors (Lipinski definition) is 4. The average molecular weight is 355 g/mol. The molecule has 1 aliphatic rings. The van der Waals surface area contributed by atoms with E-state index in [0.29, 0.717) is 25.1 Å². The fourth-order valence-electron chi connectivity index (χ4n) is 3.08. The highest BCUT2D eigenvalue weighted by Crippen LogP contribution is 2.29. The molecule has 1 unspecified atom stereocenters. The van der Waals surface area contributed by atoms with Crippen LogP contribution < -0.4 is 4.74 Å². The van der Waals surface area contributed by atoms with E-state index in [-0.39, 0.29) is 19.1 Å². The Hall–Kier alpha value is -2.86. The van der Waals surface area contributed by atoms with Crippen molar-refractivity contribution in [1.82, 2.24) is 4.90 Å². The highest BCUT2D eigenvalue weighted by atomic mass is 16.5. The fraction of sp³-hybridized carbons (Fsp3) is 0.300. The lowest BCUT2D eigenvalue weighted by Gasteiger charge is -2.34. The molecule has 0 fully saturated rings. The van der Waals surface area contributed by atoms with Gasteiger partial charge < -0.3 is 19.5 Å². The van der Waals surface area contributed by atoms with E-state index >= 15 is 0 Å². The maximum absolute atomic E-state index is 12.5. The molecule has 0 aliphatic carbocycles. The van der Waals surface area contributed by atoms with Gasteiger partial charge in [-0.1, -0.05) is 42.5 Å². The lowest BCUT2D eigenvalue weighted by Crippen LogP contribution is -2.45. The monoisotopic (exact) mass is 355 g/mol. The van der Waals surface area contributed by atoms with Crippen molar-refractivity contribution in [1.29, 1.82) is 0 Å². The number of aliphatic carboxylic acids is 1. The number of amides is 1. The fourth-order valence-corrected chi connectivity index (χ4v) is 3.08. The number of rotatable bonds is 7. The van der Waals surface area contributed by atoms with Gasteiger partial charge in [0.05, 0.1) is 6.61 Å². The summed E-state index contributed by atoms with van der Waals surface area (Å²) in [4.78, 5) is 25.5. The van der Waals surface area contributed by atoms with E-state index in [4.69, 9.17) is 9.47 Å². The summed E-state index contributed by atoms with van der Waals surface area (Å²) in [5.74, 6) is -0.620. The molecule has 0 spiro atoms. The van der Waals surface area contributed by atoms with E-state index < -0.39 is 12.0 Å². The van der Waals surface area contributed by atoms with Crippen LogP contribution in [0.1, 0.15) is 17.2 Å². The van der Waals surface area contributed by atoms with Gasteiger partial charge in [-0.25, -0.2) is 4.79 Å². The molecule has 6 nitrogen and oxygen atoms in total. The molecule has 1 aliphatic heterocycles. The van der Waals surface area contributed by atoms with Crippen LogP contribution in [0, 0.1) is 0 Å². The van der Waals surface area contributed by atoms with Gasteiger partial charge in [0.25, 0.3) is 0 Å². The Balaban J connectivity index is 1.52. The average Bonchev–Trinajstić information content (AvgIpc) is 2.67. The first-order chi connectivity index (χ1) is 12.7. The Morgan fingerprint density at radius 3 is 2.54 bits per heavy atom. The predicted octanol–water partition coefficient (Wildman–Crippen LogP) is 2.29. The van der Waals surface area contributed by atoms with Crippen LogP contribution in [0.15, 0.2) is 54.6 Å². The van der Waals surface area contributed by atoms with Gasteiger partial charge in [0.15, 0.2) is 6.04 Å². The molecule has 0 aromatic heterocycles. The van der Waals surface area contributed by atoms with E-state index in [0.717, 1.165) is 11.3 Å². The molecule has 2 aromatic rings. The van der Waals surface area contributed by atoms with Crippen molar-refractivity contribution >= 4 is 11.9 Å². The van der Waals surface area contributed by atoms with Gasteiger partial charge >= 0.3 is 5.97 Å². The zero-order valence-electron chi connectivity index (χ0n) is 14.3. The molecule has 6 heteroatoms. The van der Waals surface area contributed by atoms with Crippen LogP contribution in [-0.2, 0) is 20.7 Å². The van der Waals surface area contributed by atoms with Crippen LogP contribution in [0.5, 0.6) is 5.75 Å². The minimum absolute atomic E-state index is 0.163. The van der Waals surface area contributed by atoms with Gasteiger partial charge in [-0.05, 0) is 29.7 Å². The summed E-state index contributed by atoms with van der Waals surface area (Å²) < 4.78 is 10.9. The summed E-state index contributed by atoms with van der Waals surface area (Å²) >= 11 is 0. The summed E-state index contributed by atoms with van der Waals surface area (Å²) in [6, 6.07) is 15.7. The Morgan fingerprint density at radius 2 is 1.77 bits per heavy atom. The number of ether oxygens (including phenoxy) is 2. The van der Waals surface area contributed by atoms with E-state index in [1.165, 1.54) is 4.90 Å². The van der Waals surface area contributed by atoms with Crippen LogP contribution in [0.4, 0.5) is 0 Å². The van der Waals surface area contributed by atoms with Gasteiger partial charge in [-0.15, -0.1) is 0 Å². The molecule has 1 N–H and O–H groups in total. The molecule has 1 atom stereocenters. The zero-order chi connectivity index (χ0) is 18.4. The molecular formula is C20H21NO5. The molecule has 1 amide bonds. The maximum Gasteiger partial charge on any atom is 0.331 e. The van der Waals surface area contributed by atoms with Crippen molar-refractivity contribution in [3.8, 4) is 5.75 Å². The maximum atomic E-state index is 12.5. The Bertz CT molecular complexity index is 762. The van der Waals surface area contributed by atoms with Crippen LogP contribution >= 0.6 is 0 Å². The number of benzene rings is 2. The quantitative estimate of drug-likeness (QED) is 0.771. The minimum Gasteiger partial charge on any atom is -0.491 e. The molecule has 3 rings (SSSR count). The first-order valence-corrected chi connectivity index (χ1v) is 8.52. The predicted molar refractivity (Wildman–Crippen MR) is 95.0 cm³/mol.